The first-order valence-corrected chi connectivity index (χ1v) is 10.0. The molecule has 0 aliphatic carbocycles. The summed E-state index contributed by atoms with van der Waals surface area (Å²) in [6.07, 6.45) is 2.41. The molecule has 7 heteroatoms. The number of hydrogen-bond acceptors (Lipinski definition) is 5. The van der Waals surface area contributed by atoms with Gasteiger partial charge in [-0.1, -0.05) is 36.8 Å². The van der Waals surface area contributed by atoms with Crippen molar-refractivity contribution in [1.29, 1.82) is 0 Å². The van der Waals surface area contributed by atoms with Crippen molar-refractivity contribution >= 4 is 17.5 Å². The molecule has 2 heterocycles. The number of allylic oxidation sites excluding steroid dienone is 1. The minimum absolute atomic E-state index is 0.185. The Kier molecular flexibility index (Phi) is 5.52. The Morgan fingerprint density at radius 1 is 1.20 bits per heavy atom. The van der Waals surface area contributed by atoms with Crippen LogP contribution in [0, 0.1) is 6.92 Å². The van der Waals surface area contributed by atoms with Crippen molar-refractivity contribution in [3.05, 3.63) is 77.3 Å². The van der Waals surface area contributed by atoms with Crippen molar-refractivity contribution in [2.24, 2.45) is 0 Å². The zero-order valence-corrected chi connectivity index (χ0v) is 17.3. The number of hydrogen-bond donors (Lipinski definition) is 2. The molecule has 2 N–H and O–H groups in total. The van der Waals surface area contributed by atoms with Crippen LogP contribution in [0.1, 0.15) is 37.4 Å². The lowest BCUT2D eigenvalue weighted by molar-refractivity contribution is -0.113. The Hall–Kier alpha value is -3.61. The molecule has 2 aromatic carbocycles. The number of fused-ring (bicyclic) bond motifs is 1. The SMILES string of the molecule is CCCOc1cccc(C2C(C(=O)Nc3ccc(C)cc3)=C(C)Nc3ncnn32)c1. The van der Waals surface area contributed by atoms with Crippen molar-refractivity contribution in [3.63, 3.8) is 0 Å². The van der Waals surface area contributed by atoms with Crippen LogP contribution in [0.3, 0.4) is 0 Å². The Bertz CT molecular complexity index is 1080. The molecule has 3 aromatic rings. The Morgan fingerprint density at radius 3 is 2.77 bits per heavy atom. The van der Waals surface area contributed by atoms with Crippen LogP contribution in [0.5, 0.6) is 5.75 Å². The first-order valence-electron chi connectivity index (χ1n) is 10.0. The van der Waals surface area contributed by atoms with Crippen molar-refractivity contribution in [2.45, 2.75) is 33.2 Å². The van der Waals surface area contributed by atoms with Gasteiger partial charge >= 0.3 is 0 Å². The zero-order chi connectivity index (χ0) is 21.1. The van der Waals surface area contributed by atoms with Gasteiger partial charge in [-0.2, -0.15) is 10.1 Å². The molecule has 154 valence electrons. The molecule has 0 bridgehead atoms. The molecule has 1 atom stereocenters. The van der Waals surface area contributed by atoms with Crippen molar-refractivity contribution in [3.8, 4) is 5.75 Å². The van der Waals surface area contributed by atoms with Crippen molar-refractivity contribution in [2.75, 3.05) is 17.2 Å². The summed E-state index contributed by atoms with van der Waals surface area (Å²) in [5.41, 5.74) is 4.11. The quantitative estimate of drug-likeness (QED) is 0.641. The van der Waals surface area contributed by atoms with Crippen LogP contribution >= 0.6 is 0 Å². The highest BCUT2D eigenvalue weighted by Crippen LogP contribution is 2.36. The number of aryl methyl sites for hydroxylation is 1. The van der Waals surface area contributed by atoms with Crippen molar-refractivity contribution in [1.82, 2.24) is 14.8 Å². The van der Waals surface area contributed by atoms with Gasteiger partial charge in [-0.15, -0.1) is 0 Å². The summed E-state index contributed by atoms with van der Waals surface area (Å²) in [7, 11) is 0. The summed E-state index contributed by atoms with van der Waals surface area (Å²) in [4.78, 5) is 17.6. The average molecular weight is 403 g/mol. The summed E-state index contributed by atoms with van der Waals surface area (Å²) < 4.78 is 7.54. The fourth-order valence-electron chi connectivity index (χ4n) is 3.52. The Labute approximate surface area is 175 Å². The molecule has 30 heavy (non-hydrogen) atoms. The van der Waals surface area contributed by atoms with Gasteiger partial charge in [0, 0.05) is 11.4 Å². The summed E-state index contributed by atoms with van der Waals surface area (Å²) in [5.74, 6) is 1.18. The zero-order valence-electron chi connectivity index (χ0n) is 17.3. The molecular formula is C23H25N5O2. The van der Waals surface area contributed by atoms with Crippen LogP contribution in [0.25, 0.3) is 0 Å². The van der Waals surface area contributed by atoms with E-state index in [0.717, 1.165) is 34.7 Å². The smallest absolute Gasteiger partial charge is 0.255 e. The average Bonchev–Trinajstić information content (AvgIpc) is 3.21. The highest BCUT2D eigenvalue weighted by Gasteiger charge is 2.33. The number of nitrogens with zero attached hydrogens (tertiary/aromatic N) is 3. The largest absolute Gasteiger partial charge is 0.494 e. The topological polar surface area (TPSA) is 81.1 Å². The predicted octanol–water partition coefficient (Wildman–Crippen LogP) is 4.30. The molecule has 1 aliphatic rings. The van der Waals surface area contributed by atoms with E-state index in [1.807, 2.05) is 62.4 Å². The van der Waals surface area contributed by atoms with E-state index in [1.165, 1.54) is 6.33 Å². The molecule has 1 aliphatic heterocycles. The van der Waals surface area contributed by atoms with Gasteiger partial charge in [0.2, 0.25) is 5.95 Å². The van der Waals surface area contributed by atoms with Gasteiger partial charge in [0.1, 0.15) is 18.1 Å². The van der Waals surface area contributed by atoms with E-state index in [9.17, 15) is 4.79 Å². The molecule has 7 nitrogen and oxygen atoms in total. The molecule has 0 spiro atoms. The number of amides is 1. The summed E-state index contributed by atoms with van der Waals surface area (Å²) in [6.45, 7) is 6.60. The maximum absolute atomic E-state index is 13.3. The number of benzene rings is 2. The Morgan fingerprint density at radius 2 is 2.00 bits per heavy atom. The lowest BCUT2D eigenvalue weighted by atomic mass is 9.94. The second-order valence-electron chi connectivity index (χ2n) is 7.34. The van der Waals surface area contributed by atoms with E-state index in [2.05, 4.69) is 27.6 Å². The molecule has 0 saturated heterocycles. The molecule has 0 radical (unpaired) electrons. The minimum Gasteiger partial charge on any atom is -0.494 e. The second kappa shape index (κ2) is 8.41. The first-order chi connectivity index (χ1) is 14.6. The monoisotopic (exact) mass is 403 g/mol. The highest BCUT2D eigenvalue weighted by atomic mass is 16.5. The molecular weight excluding hydrogens is 378 g/mol. The molecule has 0 saturated carbocycles. The standard InChI is InChI=1S/C23H25N5O2/c1-4-12-30-19-7-5-6-17(13-19)21-20(16(3)26-23-24-14-25-28(21)23)22(29)27-18-10-8-15(2)9-11-18/h5-11,13-14,21H,4,12H2,1-3H3,(H,27,29)(H,24,25,26). The minimum atomic E-state index is -0.417. The maximum Gasteiger partial charge on any atom is 0.255 e. The summed E-state index contributed by atoms with van der Waals surface area (Å²) in [6, 6.07) is 15.1. The van der Waals surface area contributed by atoms with Crippen molar-refractivity contribution < 1.29 is 9.53 Å². The number of carbonyl (C=O) groups is 1. The molecule has 1 unspecified atom stereocenters. The van der Waals surface area contributed by atoms with E-state index in [0.29, 0.717) is 18.1 Å². The van der Waals surface area contributed by atoms with Crippen LogP contribution in [0.2, 0.25) is 0 Å². The number of nitrogens with one attached hydrogen (secondary N) is 2. The highest BCUT2D eigenvalue weighted by molar-refractivity contribution is 6.06. The van der Waals surface area contributed by atoms with Crippen LogP contribution in [-0.4, -0.2) is 27.3 Å². The third-order valence-corrected chi connectivity index (χ3v) is 5.00. The third kappa shape index (κ3) is 3.91. The number of carbonyl (C=O) groups excluding carboxylic acids is 1. The number of ether oxygens (including phenoxy) is 1. The predicted molar refractivity (Wildman–Crippen MR) is 117 cm³/mol. The second-order valence-corrected chi connectivity index (χ2v) is 7.34. The molecule has 4 rings (SSSR count). The van der Waals surface area contributed by atoms with Crippen LogP contribution in [0.15, 0.2) is 66.1 Å². The summed E-state index contributed by atoms with van der Waals surface area (Å²) in [5, 5.41) is 10.6. The lowest BCUT2D eigenvalue weighted by Crippen LogP contribution is -2.31. The van der Waals surface area contributed by atoms with E-state index in [-0.39, 0.29) is 5.91 Å². The van der Waals surface area contributed by atoms with Gasteiger partial charge in [-0.05, 0) is 50.1 Å². The van der Waals surface area contributed by atoms with Gasteiger partial charge in [0.05, 0.1) is 12.2 Å². The lowest BCUT2D eigenvalue weighted by Gasteiger charge is -2.29. The normalized spacial score (nSPS) is 15.4. The van der Waals surface area contributed by atoms with Gasteiger partial charge in [0.25, 0.3) is 5.91 Å². The molecule has 0 fully saturated rings. The van der Waals surface area contributed by atoms with E-state index in [1.54, 1.807) is 4.68 Å². The molecule has 1 aromatic heterocycles. The van der Waals surface area contributed by atoms with Crippen LogP contribution in [-0.2, 0) is 4.79 Å². The first kappa shape index (κ1) is 19.7. The van der Waals surface area contributed by atoms with Crippen LogP contribution < -0.4 is 15.4 Å². The van der Waals surface area contributed by atoms with Gasteiger partial charge in [0.15, 0.2) is 0 Å². The maximum atomic E-state index is 13.3. The number of aromatic nitrogens is 3. The Balaban J connectivity index is 1.72. The molecule has 1 amide bonds. The fourth-order valence-corrected chi connectivity index (χ4v) is 3.52. The fraction of sp³-hybridized carbons (Fsp3) is 0.261. The van der Waals surface area contributed by atoms with Gasteiger partial charge < -0.3 is 15.4 Å². The third-order valence-electron chi connectivity index (χ3n) is 5.00. The van der Waals surface area contributed by atoms with E-state index < -0.39 is 6.04 Å². The van der Waals surface area contributed by atoms with E-state index >= 15 is 0 Å². The van der Waals surface area contributed by atoms with Crippen LogP contribution in [0.4, 0.5) is 11.6 Å². The number of rotatable bonds is 6. The van der Waals surface area contributed by atoms with Gasteiger partial charge in [-0.25, -0.2) is 4.68 Å². The van der Waals surface area contributed by atoms with Gasteiger partial charge in [-0.3, -0.25) is 4.79 Å². The number of anilines is 2. The van der Waals surface area contributed by atoms with E-state index in [4.69, 9.17) is 4.74 Å². The summed E-state index contributed by atoms with van der Waals surface area (Å²) >= 11 is 0.